The highest BCUT2D eigenvalue weighted by Crippen LogP contribution is 2.12. The third kappa shape index (κ3) is 3.13. The zero-order chi connectivity index (χ0) is 12.3. The van der Waals surface area contributed by atoms with Crippen molar-refractivity contribution in [3.8, 4) is 0 Å². The van der Waals surface area contributed by atoms with Crippen LogP contribution in [0.3, 0.4) is 0 Å². The molecule has 1 atom stereocenters. The van der Waals surface area contributed by atoms with E-state index in [1.165, 1.54) is 0 Å². The molecule has 1 N–H and O–H groups in total. The average Bonchev–Trinajstić information content (AvgIpc) is 2.52. The van der Waals surface area contributed by atoms with Crippen molar-refractivity contribution in [2.24, 2.45) is 0 Å². The van der Waals surface area contributed by atoms with E-state index in [2.05, 4.69) is 5.32 Å². The number of nitrogens with one attached hydrogen (secondary N) is 1. The highest BCUT2D eigenvalue weighted by Gasteiger charge is 2.29. The summed E-state index contributed by atoms with van der Waals surface area (Å²) in [4.78, 5) is 27.4. The molecule has 2 aliphatic rings. The van der Waals surface area contributed by atoms with Crippen LogP contribution in [0.15, 0.2) is 0 Å². The number of likely N-dealkylation sites (N-methyl/N-ethyl adjacent to an activating group) is 1. The monoisotopic (exact) mass is 257 g/mol. The summed E-state index contributed by atoms with van der Waals surface area (Å²) in [6, 6.07) is -0.107. The predicted octanol–water partition coefficient (Wildman–Crippen LogP) is -0.618. The molecule has 0 saturated carbocycles. The van der Waals surface area contributed by atoms with Gasteiger partial charge in [0, 0.05) is 38.2 Å². The second-order valence-corrected chi connectivity index (χ2v) is 5.66. The molecule has 96 valence electrons. The van der Waals surface area contributed by atoms with E-state index >= 15 is 0 Å². The largest absolute Gasteiger partial charge is 0.344 e. The normalized spacial score (nSPS) is 26.9. The Labute approximate surface area is 106 Å². The first-order chi connectivity index (χ1) is 8.18. The van der Waals surface area contributed by atoms with Gasteiger partial charge in [0.1, 0.15) is 0 Å². The SMILES string of the molecule is CN1CCCN(C(=O)C2CSCCN2)CC1=O. The van der Waals surface area contributed by atoms with Gasteiger partial charge in [0.15, 0.2) is 0 Å². The fraction of sp³-hybridized carbons (Fsp3) is 0.818. The Morgan fingerprint density at radius 3 is 3.00 bits per heavy atom. The molecule has 17 heavy (non-hydrogen) atoms. The van der Waals surface area contributed by atoms with Crippen LogP contribution in [0.5, 0.6) is 0 Å². The fourth-order valence-corrected chi connectivity index (χ4v) is 3.04. The summed E-state index contributed by atoms with van der Waals surface area (Å²) in [5.41, 5.74) is 0. The van der Waals surface area contributed by atoms with Crippen molar-refractivity contribution in [3.63, 3.8) is 0 Å². The number of carbonyl (C=O) groups excluding carboxylic acids is 2. The van der Waals surface area contributed by atoms with Crippen LogP contribution in [-0.2, 0) is 9.59 Å². The van der Waals surface area contributed by atoms with Gasteiger partial charge in [-0.05, 0) is 6.42 Å². The molecule has 0 radical (unpaired) electrons. The van der Waals surface area contributed by atoms with E-state index in [-0.39, 0.29) is 24.4 Å². The molecule has 0 aliphatic carbocycles. The average molecular weight is 257 g/mol. The summed E-state index contributed by atoms with van der Waals surface area (Å²) < 4.78 is 0. The predicted molar refractivity (Wildman–Crippen MR) is 67.9 cm³/mol. The molecule has 0 aromatic rings. The third-order valence-corrected chi connectivity index (χ3v) is 4.27. The lowest BCUT2D eigenvalue weighted by molar-refractivity contribution is -0.139. The van der Waals surface area contributed by atoms with Crippen molar-refractivity contribution in [3.05, 3.63) is 0 Å². The van der Waals surface area contributed by atoms with Crippen LogP contribution < -0.4 is 5.32 Å². The van der Waals surface area contributed by atoms with Crippen molar-refractivity contribution in [1.82, 2.24) is 15.1 Å². The van der Waals surface area contributed by atoms with Crippen LogP contribution in [0.2, 0.25) is 0 Å². The van der Waals surface area contributed by atoms with E-state index in [1.807, 2.05) is 0 Å². The van der Waals surface area contributed by atoms with Gasteiger partial charge < -0.3 is 15.1 Å². The summed E-state index contributed by atoms with van der Waals surface area (Å²) in [5.74, 6) is 2.00. The number of hydrogen-bond acceptors (Lipinski definition) is 4. The van der Waals surface area contributed by atoms with E-state index in [1.54, 1.807) is 28.6 Å². The first kappa shape index (κ1) is 12.7. The molecule has 2 amide bonds. The van der Waals surface area contributed by atoms with Gasteiger partial charge in [0.25, 0.3) is 0 Å². The van der Waals surface area contributed by atoms with Crippen LogP contribution in [0.4, 0.5) is 0 Å². The van der Waals surface area contributed by atoms with Crippen LogP contribution in [0, 0.1) is 0 Å². The van der Waals surface area contributed by atoms with Gasteiger partial charge in [-0.1, -0.05) is 0 Å². The number of thioether (sulfide) groups is 1. The van der Waals surface area contributed by atoms with E-state index in [0.717, 1.165) is 31.0 Å². The van der Waals surface area contributed by atoms with Crippen molar-refractivity contribution < 1.29 is 9.59 Å². The maximum Gasteiger partial charge on any atom is 0.241 e. The standard InChI is InChI=1S/C11H19N3O2S/c1-13-4-2-5-14(7-10(13)15)11(16)9-8-17-6-3-12-9/h9,12H,2-8H2,1H3. The van der Waals surface area contributed by atoms with E-state index < -0.39 is 0 Å². The van der Waals surface area contributed by atoms with Crippen molar-refractivity contribution in [2.45, 2.75) is 12.5 Å². The maximum absolute atomic E-state index is 12.2. The van der Waals surface area contributed by atoms with E-state index in [9.17, 15) is 9.59 Å². The summed E-state index contributed by atoms with van der Waals surface area (Å²) >= 11 is 1.80. The summed E-state index contributed by atoms with van der Waals surface area (Å²) in [7, 11) is 1.80. The number of nitrogens with zero attached hydrogens (tertiary/aromatic N) is 2. The second kappa shape index (κ2) is 5.73. The van der Waals surface area contributed by atoms with Crippen molar-refractivity contribution in [1.29, 1.82) is 0 Å². The first-order valence-electron chi connectivity index (χ1n) is 6.02. The molecule has 2 heterocycles. The topological polar surface area (TPSA) is 52.6 Å². The molecule has 2 saturated heterocycles. The minimum absolute atomic E-state index is 0.0410. The van der Waals surface area contributed by atoms with Crippen LogP contribution >= 0.6 is 11.8 Å². The summed E-state index contributed by atoms with van der Waals surface area (Å²) in [5, 5.41) is 3.23. The van der Waals surface area contributed by atoms with Gasteiger partial charge in [-0.25, -0.2) is 0 Å². The van der Waals surface area contributed by atoms with Gasteiger partial charge in [-0.2, -0.15) is 11.8 Å². The highest BCUT2D eigenvalue weighted by molar-refractivity contribution is 7.99. The fourth-order valence-electron chi connectivity index (χ4n) is 2.12. The lowest BCUT2D eigenvalue weighted by Gasteiger charge is -2.28. The van der Waals surface area contributed by atoms with Crippen molar-refractivity contribution >= 4 is 23.6 Å². The number of hydrogen-bond donors (Lipinski definition) is 1. The highest BCUT2D eigenvalue weighted by atomic mass is 32.2. The maximum atomic E-state index is 12.2. The number of carbonyl (C=O) groups is 2. The van der Waals surface area contributed by atoms with Crippen LogP contribution in [0.1, 0.15) is 6.42 Å². The van der Waals surface area contributed by atoms with E-state index in [0.29, 0.717) is 6.54 Å². The molecular formula is C11H19N3O2S. The van der Waals surface area contributed by atoms with Gasteiger partial charge in [-0.3, -0.25) is 9.59 Å². The Balaban J connectivity index is 1.95. The zero-order valence-electron chi connectivity index (χ0n) is 10.1. The van der Waals surface area contributed by atoms with Gasteiger partial charge >= 0.3 is 0 Å². The second-order valence-electron chi connectivity index (χ2n) is 4.51. The molecule has 2 fully saturated rings. The molecule has 5 nitrogen and oxygen atoms in total. The lowest BCUT2D eigenvalue weighted by Crippen LogP contribution is -2.51. The molecule has 0 aromatic carbocycles. The molecule has 0 bridgehead atoms. The van der Waals surface area contributed by atoms with Gasteiger partial charge in [0.05, 0.1) is 12.6 Å². The van der Waals surface area contributed by atoms with Crippen LogP contribution in [0.25, 0.3) is 0 Å². The Morgan fingerprint density at radius 2 is 2.29 bits per heavy atom. The molecule has 1 unspecified atom stereocenters. The molecule has 6 heteroatoms. The summed E-state index contributed by atoms with van der Waals surface area (Å²) in [6.45, 7) is 2.55. The molecule has 2 aliphatic heterocycles. The molecular weight excluding hydrogens is 238 g/mol. The quantitative estimate of drug-likeness (QED) is 0.680. The minimum atomic E-state index is -0.107. The third-order valence-electron chi connectivity index (χ3n) is 3.20. The minimum Gasteiger partial charge on any atom is -0.344 e. The summed E-state index contributed by atoms with van der Waals surface area (Å²) in [6.07, 6.45) is 0.869. The van der Waals surface area contributed by atoms with E-state index in [4.69, 9.17) is 0 Å². The van der Waals surface area contributed by atoms with Crippen molar-refractivity contribution in [2.75, 3.05) is 44.7 Å². The Kier molecular flexibility index (Phi) is 4.28. The Bertz CT molecular complexity index is 305. The molecule has 0 aromatic heterocycles. The Hall–Kier alpha value is -0.750. The zero-order valence-corrected chi connectivity index (χ0v) is 11.0. The Morgan fingerprint density at radius 1 is 1.47 bits per heavy atom. The number of rotatable bonds is 1. The van der Waals surface area contributed by atoms with Gasteiger partial charge in [0.2, 0.25) is 11.8 Å². The number of amides is 2. The molecule has 0 spiro atoms. The van der Waals surface area contributed by atoms with Gasteiger partial charge in [-0.15, -0.1) is 0 Å². The smallest absolute Gasteiger partial charge is 0.241 e. The lowest BCUT2D eigenvalue weighted by atomic mass is 10.2. The molecule has 2 rings (SSSR count). The first-order valence-corrected chi connectivity index (χ1v) is 7.18. The van der Waals surface area contributed by atoms with Crippen LogP contribution in [-0.4, -0.2) is 72.4 Å².